The third-order valence-corrected chi connectivity index (χ3v) is 4.74. The van der Waals surface area contributed by atoms with Gasteiger partial charge in [0.15, 0.2) is 0 Å². The fourth-order valence-corrected chi connectivity index (χ4v) is 2.93. The molecule has 1 heterocycles. The number of hydrogen-bond acceptors (Lipinski definition) is 3. The summed E-state index contributed by atoms with van der Waals surface area (Å²) in [6.45, 7) is 10.4. The molecule has 0 unspecified atom stereocenters. The van der Waals surface area contributed by atoms with Crippen LogP contribution in [0.15, 0.2) is 29.1 Å². The molecule has 0 aliphatic rings. The normalized spacial score (nSPS) is 11.1. The molecule has 0 bridgehead atoms. The van der Waals surface area contributed by atoms with E-state index in [1.807, 2.05) is 26.0 Å². The average Bonchev–Trinajstić information content (AvgIpc) is 2.53. The molecule has 0 atom stereocenters. The number of benzene rings is 2. The maximum atomic E-state index is 12.8. The highest BCUT2D eigenvalue weighted by molar-refractivity contribution is 5.77. The van der Waals surface area contributed by atoms with Crippen LogP contribution in [0.2, 0.25) is 0 Å². The minimum absolute atomic E-state index is 0.126. The van der Waals surface area contributed by atoms with Crippen molar-refractivity contribution in [3.8, 4) is 5.69 Å². The fourth-order valence-electron chi connectivity index (χ4n) is 2.93. The van der Waals surface area contributed by atoms with E-state index in [2.05, 4.69) is 31.1 Å². The van der Waals surface area contributed by atoms with Crippen LogP contribution in [0.5, 0.6) is 0 Å². The first kappa shape index (κ1) is 14.4. The van der Waals surface area contributed by atoms with E-state index in [1.165, 1.54) is 21.4 Å². The SMILES string of the molecule is Cc1c(C)c(C)c(-n2nnc3ccccc3c2=O)c(C)c1C. The monoisotopic (exact) mass is 293 g/mol. The first-order valence-electron chi connectivity index (χ1n) is 7.35. The Morgan fingerprint density at radius 3 is 2.00 bits per heavy atom. The molecular weight excluding hydrogens is 274 g/mol. The van der Waals surface area contributed by atoms with Crippen molar-refractivity contribution < 1.29 is 0 Å². The molecule has 0 saturated heterocycles. The van der Waals surface area contributed by atoms with Crippen LogP contribution in [0.1, 0.15) is 27.8 Å². The van der Waals surface area contributed by atoms with Crippen LogP contribution in [-0.4, -0.2) is 15.0 Å². The summed E-state index contributed by atoms with van der Waals surface area (Å²) in [4.78, 5) is 12.8. The van der Waals surface area contributed by atoms with Gasteiger partial charge >= 0.3 is 0 Å². The summed E-state index contributed by atoms with van der Waals surface area (Å²) in [5.74, 6) is 0. The Hall–Kier alpha value is -2.49. The molecule has 2 aromatic carbocycles. The molecule has 4 nitrogen and oxygen atoms in total. The van der Waals surface area contributed by atoms with E-state index >= 15 is 0 Å². The molecule has 22 heavy (non-hydrogen) atoms. The van der Waals surface area contributed by atoms with E-state index in [0.717, 1.165) is 16.8 Å². The summed E-state index contributed by atoms with van der Waals surface area (Å²) in [7, 11) is 0. The van der Waals surface area contributed by atoms with E-state index in [0.29, 0.717) is 10.9 Å². The summed E-state index contributed by atoms with van der Waals surface area (Å²) < 4.78 is 1.44. The predicted molar refractivity (Wildman–Crippen MR) is 88.8 cm³/mol. The second-order valence-electron chi connectivity index (χ2n) is 5.80. The Morgan fingerprint density at radius 2 is 1.36 bits per heavy atom. The smallest absolute Gasteiger partial charge is 0.267 e. The number of aromatic nitrogens is 3. The van der Waals surface area contributed by atoms with Crippen molar-refractivity contribution in [2.24, 2.45) is 0 Å². The second kappa shape index (κ2) is 5.05. The van der Waals surface area contributed by atoms with Gasteiger partial charge in [-0.25, -0.2) is 0 Å². The van der Waals surface area contributed by atoms with Gasteiger partial charge in [-0.3, -0.25) is 4.79 Å². The van der Waals surface area contributed by atoms with Crippen molar-refractivity contribution in [2.75, 3.05) is 0 Å². The van der Waals surface area contributed by atoms with Crippen LogP contribution in [0, 0.1) is 34.6 Å². The van der Waals surface area contributed by atoms with Crippen LogP contribution in [0.4, 0.5) is 0 Å². The molecule has 0 N–H and O–H groups in total. The Morgan fingerprint density at radius 1 is 0.818 bits per heavy atom. The highest BCUT2D eigenvalue weighted by Crippen LogP contribution is 2.27. The molecule has 0 fully saturated rings. The molecule has 3 aromatic rings. The van der Waals surface area contributed by atoms with Crippen LogP contribution >= 0.6 is 0 Å². The van der Waals surface area contributed by atoms with Crippen molar-refractivity contribution in [3.63, 3.8) is 0 Å². The summed E-state index contributed by atoms with van der Waals surface area (Å²) in [5.41, 5.74) is 7.16. The largest absolute Gasteiger partial charge is 0.282 e. The minimum Gasteiger partial charge on any atom is -0.267 e. The molecule has 3 rings (SSSR count). The fraction of sp³-hybridized carbons (Fsp3) is 0.278. The summed E-state index contributed by atoms with van der Waals surface area (Å²) in [6.07, 6.45) is 0. The molecule has 112 valence electrons. The number of hydrogen-bond donors (Lipinski definition) is 0. The van der Waals surface area contributed by atoms with Crippen molar-refractivity contribution in [2.45, 2.75) is 34.6 Å². The van der Waals surface area contributed by atoms with E-state index in [1.54, 1.807) is 12.1 Å². The lowest BCUT2D eigenvalue weighted by Gasteiger charge is -2.18. The molecule has 0 saturated carbocycles. The molecule has 0 amide bonds. The lowest BCUT2D eigenvalue weighted by Crippen LogP contribution is -2.25. The zero-order valence-electron chi connectivity index (χ0n) is 13.6. The Labute approximate surface area is 129 Å². The van der Waals surface area contributed by atoms with Gasteiger partial charge in [0, 0.05) is 0 Å². The van der Waals surface area contributed by atoms with Gasteiger partial charge < -0.3 is 0 Å². The van der Waals surface area contributed by atoms with E-state index < -0.39 is 0 Å². The quantitative estimate of drug-likeness (QED) is 0.691. The zero-order valence-corrected chi connectivity index (χ0v) is 13.6. The van der Waals surface area contributed by atoms with Crippen LogP contribution in [-0.2, 0) is 0 Å². The first-order chi connectivity index (χ1) is 10.4. The van der Waals surface area contributed by atoms with Crippen LogP contribution in [0.3, 0.4) is 0 Å². The van der Waals surface area contributed by atoms with Gasteiger partial charge in [-0.05, 0) is 74.6 Å². The Balaban J connectivity index is 2.43. The molecule has 0 spiro atoms. The Kier molecular flexibility index (Phi) is 3.32. The lowest BCUT2D eigenvalue weighted by atomic mass is 9.93. The third kappa shape index (κ3) is 1.95. The van der Waals surface area contributed by atoms with Crippen molar-refractivity contribution in [3.05, 3.63) is 62.4 Å². The highest BCUT2D eigenvalue weighted by atomic mass is 16.1. The van der Waals surface area contributed by atoms with Crippen LogP contribution in [0.25, 0.3) is 16.6 Å². The standard InChI is InChI=1S/C18H19N3O/c1-10-11(2)13(4)17(14(5)12(10)3)21-18(22)15-8-6-7-9-16(15)19-20-21/h6-9H,1-5H3. The number of rotatable bonds is 1. The molecule has 1 aromatic heterocycles. The van der Waals surface area contributed by atoms with Crippen molar-refractivity contribution >= 4 is 10.9 Å². The predicted octanol–water partition coefficient (Wildman–Crippen LogP) is 3.32. The van der Waals surface area contributed by atoms with Crippen LogP contribution < -0.4 is 5.56 Å². The Bertz CT molecular complexity index is 925. The van der Waals surface area contributed by atoms with Crippen molar-refractivity contribution in [1.29, 1.82) is 0 Å². The molecule has 0 aliphatic carbocycles. The topological polar surface area (TPSA) is 47.8 Å². The molecule has 0 radical (unpaired) electrons. The molecule has 4 heteroatoms. The van der Waals surface area contributed by atoms with Gasteiger partial charge in [0.05, 0.1) is 11.1 Å². The molecule has 0 aliphatic heterocycles. The lowest BCUT2D eigenvalue weighted by molar-refractivity contribution is 0.728. The molecular formula is C18H19N3O. The first-order valence-corrected chi connectivity index (χ1v) is 7.35. The third-order valence-electron chi connectivity index (χ3n) is 4.74. The van der Waals surface area contributed by atoms with Gasteiger partial charge in [-0.1, -0.05) is 17.3 Å². The van der Waals surface area contributed by atoms with Gasteiger partial charge in [0.2, 0.25) is 0 Å². The minimum atomic E-state index is -0.126. The zero-order chi connectivity index (χ0) is 16.0. The highest BCUT2D eigenvalue weighted by Gasteiger charge is 2.17. The summed E-state index contributed by atoms with van der Waals surface area (Å²) >= 11 is 0. The van der Waals surface area contributed by atoms with Gasteiger partial charge in [-0.15, -0.1) is 5.10 Å². The van der Waals surface area contributed by atoms with E-state index in [4.69, 9.17) is 0 Å². The maximum Gasteiger partial charge on any atom is 0.282 e. The van der Waals surface area contributed by atoms with Gasteiger partial charge in [0.25, 0.3) is 5.56 Å². The average molecular weight is 293 g/mol. The van der Waals surface area contributed by atoms with Gasteiger partial charge in [0.1, 0.15) is 5.52 Å². The summed E-state index contributed by atoms with van der Waals surface area (Å²) in [5, 5.41) is 8.95. The number of fused-ring (bicyclic) bond motifs is 1. The summed E-state index contributed by atoms with van der Waals surface area (Å²) in [6, 6.07) is 7.30. The number of nitrogens with zero attached hydrogens (tertiary/aromatic N) is 3. The van der Waals surface area contributed by atoms with Crippen molar-refractivity contribution in [1.82, 2.24) is 15.0 Å². The maximum absolute atomic E-state index is 12.8. The van der Waals surface area contributed by atoms with Gasteiger partial charge in [-0.2, -0.15) is 4.68 Å². The second-order valence-corrected chi connectivity index (χ2v) is 5.80. The van der Waals surface area contributed by atoms with E-state index in [-0.39, 0.29) is 5.56 Å². The van der Waals surface area contributed by atoms with E-state index in [9.17, 15) is 4.79 Å².